The van der Waals surface area contributed by atoms with Gasteiger partial charge in [-0.15, -0.1) is 0 Å². The number of aliphatic hydroxyl groups is 1. The van der Waals surface area contributed by atoms with Gasteiger partial charge in [-0.25, -0.2) is 4.79 Å². The molecule has 0 aromatic heterocycles. The zero-order valence-corrected chi connectivity index (χ0v) is 20.6. The van der Waals surface area contributed by atoms with Crippen molar-refractivity contribution in [3.63, 3.8) is 0 Å². The highest BCUT2D eigenvalue weighted by atomic mass is 16.6. The quantitative estimate of drug-likeness (QED) is 0.554. The molecule has 2 atom stereocenters. The van der Waals surface area contributed by atoms with Gasteiger partial charge >= 0.3 is 5.97 Å². The van der Waals surface area contributed by atoms with E-state index < -0.39 is 29.7 Å². The fourth-order valence-corrected chi connectivity index (χ4v) is 3.79. The predicted molar refractivity (Wildman–Crippen MR) is 125 cm³/mol. The number of morpholine rings is 2. The molecule has 0 bridgehead atoms. The van der Waals surface area contributed by atoms with Crippen molar-refractivity contribution in [3.8, 4) is 0 Å². The second-order valence-electron chi connectivity index (χ2n) is 9.46. The molecule has 192 valence electrons. The highest BCUT2D eigenvalue weighted by Gasteiger charge is 2.41. The van der Waals surface area contributed by atoms with Gasteiger partial charge in [-0.1, -0.05) is 6.07 Å². The number of hydrogen-bond acceptors (Lipinski definition) is 8. The molecule has 2 aliphatic heterocycles. The lowest BCUT2D eigenvalue weighted by molar-refractivity contribution is -0.177. The van der Waals surface area contributed by atoms with Gasteiger partial charge in [0.1, 0.15) is 5.60 Å². The molecule has 2 heterocycles. The molecule has 2 fully saturated rings. The van der Waals surface area contributed by atoms with E-state index in [0.29, 0.717) is 37.6 Å². The Bertz CT molecular complexity index is 954. The third-order valence-electron chi connectivity index (χ3n) is 5.54. The van der Waals surface area contributed by atoms with E-state index in [-0.39, 0.29) is 31.5 Å². The smallest absolute Gasteiger partial charge is 0.338 e. The topological polar surface area (TPSA) is 126 Å². The number of esters is 1. The van der Waals surface area contributed by atoms with Crippen LogP contribution < -0.4 is 4.90 Å². The molecular weight excluding hydrogens is 458 g/mol. The van der Waals surface area contributed by atoms with Gasteiger partial charge in [0.2, 0.25) is 5.91 Å². The monoisotopic (exact) mass is 491 g/mol. The molecule has 1 aromatic rings. The Morgan fingerprint density at radius 1 is 1.17 bits per heavy atom. The first-order valence-electron chi connectivity index (χ1n) is 11.5. The Kier molecular flexibility index (Phi) is 8.47. The molecule has 1 aromatic carbocycles. The Morgan fingerprint density at radius 3 is 2.51 bits per heavy atom. The number of aliphatic hydroxyl groups excluding tert-OH is 1. The average molecular weight is 492 g/mol. The van der Waals surface area contributed by atoms with Crippen LogP contribution in [0.25, 0.3) is 0 Å². The number of carbonyl (C=O) groups excluding carboxylic acids is 4. The average Bonchev–Trinajstić information content (AvgIpc) is 2.82. The van der Waals surface area contributed by atoms with Crippen LogP contribution in [0.4, 0.5) is 5.69 Å². The zero-order valence-electron chi connectivity index (χ0n) is 20.6. The van der Waals surface area contributed by atoms with Crippen LogP contribution in [0.3, 0.4) is 0 Å². The molecule has 3 amide bonds. The fourth-order valence-electron chi connectivity index (χ4n) is 3.79. The number of carbonyl (C=O) groups is 4. The van der Waals surface area contributed by atoms with Crippen molar-refractivity contribution in [1.82, 2.24) is 9.80 Å². The van der Waals surface area contributed by atoms with Gasteiger partial charge in [0, 0.05) is 37.9 Å². The van der Waals surface area contributed by atoms with Crippen molar-refractivity contribution < 1.29 is 38.5 Å². The van der Waals surface area contributed by atoms with E-state index in [0.717, 1.165) is 0 Å². The highest BCUT2D eigenvalue weighted by molar-refractivity contribution is 6.02. The molecule has 35 heavy (non-hydrogen) atoms. The number of benzene rings is 1. The Balaban J connectivity index is 1.69. The second kappa shape index (κ2) is 11.1. The van der Waals surface area contributed by atoms with Crippen LogP contribution in [0.1, 0.15) is 31.1 Å². The van der Waals surface area contributed by atoms with E-state index in [4.69, 9.17) is 14.2 Å². The molecular formula is C24H33N3O8. The van der Waals surface area contributed by atoms with Crippen molar-refractivity contribution in [2.45, 2.75) is 38.6 Å². The van der Waals surface area contributed by atoms with Crippen LogP contribution >= 0.6 is 0 Å². The third kappa shape index (κ3) is 6.77. The molecule has 0 spiro atoms. The van der Waals surface area contributed by atoms with E-state index in [2.05, 4.69) is 0 Å². The maximum Gasteiger partial charge on any atom is 0.338 e. The van der Waals surface area contributed by atoms with Gasteiger partial charge in [0.25, 0.3) is 11.8 Å². The molecule has 11 heteroatoms. The van der Waals surface area contributed by atoms with Crippen LogP contribution in [0.5, 0.6) is 0 Å². The molecule has 11 nitrogen and oxygen atoms in total. The van der Waals surface area contributed by atoms with Crippen LogP contribution in [0.2, 0.25) is 0 Å². The van der Waals surface area contributed by atoms with Crippen LogP contribution in [0, 0.1) is 0 Å². The van der Waals surface area contributed by atoms with Crippen molar-refractivity contribution in [2.24, 2.45) is 0 Å². The summed E-state index contributed by atoms with van der Waals surface area (Å²) in [6.45, 7) is 7.08. The Morgan fingerprint density at radius 2 is 1.86 bits per heavy atom. The van der Waals surface area contributed by atoms with E-state index in [1.807, 2.05) is 0 Å². The van der Waals surface area contributed by atoms with Gasteiger partial charge < -0.3 is 34.0 Å². The van der Waals surface area contributed by atoms with Crippen molar-refractivity contribution >= 4 is 29.4 Å². The number of amides is 3. The minimum Gasteiger partial charge on any atom is -0.458 e. The molecule has 3 rings (SSSR count). The normalized spacial score (nSPS) is 19.8. The first-order valence-corrected chi connectivity index (χ1v) is 11.5. The number of ether oxygens (including phenoxy) is 3. The summed E-state index contributed by atoms with van der Waals surface area (Å²) < 4.78 is 15.8. The summed E-state index contributed by atoms with van der Waals surface area (Å²) in [5.74, 6) is -2.11. The fraction of sp³-hybridized carbons (Fsp3) is 0.583. The van der Waals surface area contributed by atoms with Crippen molar-refractivity contribution in [3.05, 3.63) is 29.8 Å². The van der Waals surface area contributed by atoms with Gasteiger partial charge in [0.05, 0.1) is 26.4 Å². The first kappa shape index (κ1) is 26.6. The van der Waals surface area contributed by atoms with Gasteiger partial charge in [-0.2, -0.15) is 0 Å². The summed E-state index contributed by atoms with van der Waals surface area (Å²) in [5, 5.41) is 10.4. The summed E-state index contributed by atoms with van der Waals surface area (Å²) in [7, 11) is 1.54. The highest BCUT2D eigenvalue weighted by Crippen LogP contribution is 2.23. The minimum atomic E-state index is -1.79. The van der Waals surface area contributed by atoms with Gasteiger partial charge in [0.15, 0.2) is 12.2 Å². The van der Waals surface area contributed by atoms with E-state index >= 15 is 0 Å². The Labute approximate surface area is 204 Å². The summed E-state index contributed by atoms with van der Waals surface area (Å²) in [5.41, 5.74) is -0.124. The van der Waals surface area contributed by atoms with Crippen molar-refractivity contribution in [1.29, 1.82) is 0 Å². The number of anilines is 1. The van der Waals surface area contributed by atoms with Gasteiger partial charge in [-0.3, -0.25) is 14.4 Å². The van der Waals surface area contributed by atoms with Crippen molar-refractivity contribution in [2.75, 3.05) is 57.9 Å². The van der Waals surface area contributed by atoms with Crippen LogP contribution in [-0.2, 0) is 28.6 Å². The lowest BCUT2D eigenvalue weighted by Crippen LogP contribution is -2.55. The second-order valence-corrected chi connectivity index (χ2v) is 9.46. The largest absolute Gasteiger partial charge is 0.458 e. The van der Waals surface area contributed by atoms with E-state index in [1.54, 1.807) is 50.9 Å². The molecule has 1 N–H and O–H groups in total. The number of likely N-dealkylation sites (N-methyl/N-ethyl adjacent to an activating group) is 1. The molecule has 2 unspecified atom stereocenters. The summed E-state index contributed by atoms with van der Waals surface area (Å²) in [6.07, 6.45) is -3.21. The number of rotatable bonds is 6. The summed E-state index contributed by atoms with van der Waals surface area (Å²) in [4.78, 5) is 55.1. The van der Waals surface area contributed by atoms with Crippen LogP contribution in [-0.4, -0.2) is 109 Å². The lowest BCUT2D eigenvalue weighted by Gasteiger charge is -2.34. The molecule has 0 aliphatic carbocycles. The standard InChI is InChI=1S/C24H33N3O8/c1-24(2,3)35-23(32)19(29)20-22(31)27(10-13-34-20)17-7-5-6-16(14-17)21(30)25(4)15-18(28)26-8-11-33-12-9-26/h5-7,14,19-20,29H,8-13,15H2,1-4H3. The van der Waals surface area contributed by atoms with E-state index in [1.165, 1.54) is 15.9 Å². The zero-order chi connectivity index (χ0) is 25.8. The van der Waals surface area contributed by atoms with E-state index in [9.17, 15) is 24.3 Å². The lowest BCUT2D eigenvalue weighted by atomic mass is 10.1. The predicted octanol–water partition coefficient (Wildman–Crippen LogP) is 0.0518. The maximum atomic E-state index is 13.1. The molecule has 0 radical (unpaired) electrons. The first-order chi connectivity index (χ1) is 16.5. The summed E-state index contributed by atoms with van der Waals surface area (Å²) in [6, 6.07) is 6.41. The minimum absolute atomic E-state index is 0.0797. The molecule has 2 saturated heterocycles. The summed E-state index contributed by atoms with van der Waals surface area (Å²) >= 11 is 0. The SMILES string of the molecule is CN(CC(=O)N1CCOCC1)C(=O)c1cccc(N2CCOC(C(O)C(=O)OC(C)(C)C)C2=O)c1. The Hall–Kier alpha value is -3.02. The van der Waals surface area contributed by atoms with Gasteiger partial charge in [-0.05, 0) is 39.0 Å². The molecule has 0 saturated carbocycles. The molecule has 2 aliphatic rings. The third-order valence-corrected chi connectivity index (χ3v) is 5.54. The number of nitrogens with zero attached hydrogens (tertiary/aromatic N) is 3. The maximum absolute atomic E-state index is 13.1. The number of hydrogen-bond donors (Lipinski definition) is 1. The van der Waals surface area contributed by atoms with Crippen LogP contribution in [0.15, 0.2) is 24.3 Å².